The summed E-state index contributed by atoms with van der Waals surface area (Å²) in [4.78, 5) is 11.0. The van der Waals surface area contributed by atoms with Gasteiger partial charge in [0.1, 0.15) is 5.82 Å². The van der Waals surface area contributed by atoms with Crippen LogP contribution < -0.4 is 0 Å². The number of hydrogen-bond donors (Lipinski definition) is 0. The van der Waals surface area contributed by atoms with Crippen LogP contribution in [0.1, 0.15) is 15.9 Å². The first kappa shape index (κ1) is 11.8. The molecule has 0 heterocycles. The highest BCUT2D eigenvalue weighted by molar-refractivity contribution is 6.31. The summed E-state index contributed by atoms with van der Waals surface area (Å²) in [5.41, 5.74) is 2.40. The van der Waals surface area contributed by atoms with Crippen molar-refractivity contribution in [1.29, 1.82) is 0 Å². The van der Waals surface area contributed by atoms with E-state index in [9.17, 15) is 9.18 Å². The molecule has 0 aromatic heterocycles. The van der Waals surface area contributed by atoms with E-state index in [1.807, 2.05) is 0 Å². The summed E-state index contributed by atoms with van der Waals surface area (Å²) in [5, 5.41) is 0.491. The summed E-state index contributed by atoms with van der Waals surface area (Å²) in [5.74, 6) is -0.283. The summed E-state index contributed by atoms with van der Waals surface area (Å²) in [6.45, 7) is 1.69. The Bertz CT molecular complexity index is 578. The van der Waals surface area contributed by atoms with Gasteiger partial charge in [-0.15, -0.1) is 0 Å². The number of aldehydes is 1. The van der Waals surface area contributed by atoms with Gasteiger partial charge in [-0.25, -0.2) is 4.39 Å². The molecule has 0 saturated heterocycles. The smallest absolute Gasteiger partial charge is 0.150 e. The topological polar surface area (TPSA) is 17.1 Å². The van der Waals surface area contributed by atoms with Gasteiger partial charge in [0, 0.05) is 10.6 Å². The fraction of sp³-hybridized carbons (Fsp3) is 0.0714. The minimum Gasteiger partial charge on any atom is -0.298 e. The Morgan fingerprint density at radius 2 is 1.94 bits per heavy atom. The van der Waals surface area contributed by atoms with E-state index in [2.05, 4.69) is 0 Å². The van der Waals surface area contributed by atoms with E-state index in [0.29, 0.717) is 27.3 Å². The van der Waals surface area contributed by atoms with Crippen LogP contribution in [0.4, 0.5) is 4.39 Å². The van der Waals surface area contributed by atoms with Crippen molar-refractivity contribution in [2.75, 3.05) is 0 Å². The molecule has 2 aromatic rings. The van der Waals surface area contributed by atoms with Crippen molar-refractivity contribution in [3.8, 4) is 11.1 Å². The van der Waals surface area contributed by atoms with Crippen LogP contribution in [0.15, 0.2) is 36.4 Å². The summed E-state index contributed by atoms with van der Waals surface area (Å²) in [6.07, 6.45) is 0.728. The maximum absolute atomic E-state index is 13.5. The van der Waals surface area contributed by atoms with Crippen molar-refractivity contribution >= 4 is 17.9 Å². The number of carbonyl (C=O) groups excluding carboxylic acids is 1. The van der Waals surface area contributed by atoms with E-state index < -0.39 is 0 Å². The Morgan fingerprint density at radius 1 is 1.18 bits per heavy atom. The van der Waals surface area contributed by atoms with E-state index >= 15 is 0 Å². The SMILES string of the molecule is Cc1c(F)cccc1-c1ccc(Cl)cc1C=O. The average Bonchev–Trinajstić information content (AvgIpc) is 2.33. The molecule has 0 atom stereocenters. The molecule has 0 aliphatic carbocycles. The standard InChI is InChI=1S/C14H10ClFO/c1-9-12(3-2-4-14(9)16)13-6-5-11(15)7-10(13)8-17/h2-8H,1H3. The summed E-state index contributed by atoms with van der Waals surface area (Å²) < 4.78 is 13.5. The first-order chi connectivity index (χ1) is 8.13. The summed E-state index contributed by atoms with van der Waals surface area (Å²) in [6, 6.07) is 9.81. The molecule has 0 aliphatic heterocycles. The largest absolute Gasteiger partial charge is 0.298 e. The maximum Gasteiger partial charge on any atom is 0.150 e. The fourth-order valence-electron chi connectivity index (χ4n) is 1.78. The highest BCUT2D eigenvalue weighted by Crippen LogP contribution is 2.29. The second-order valence-electron chi connectivity index (χ2n) is 3.76. The van der Waals surface area contributed by atoms with Gasteiger partial charge in [0.15, 0.2) is 6.29 Å². The van der Waals surface area contributed by atoms with Gasteiger partial charge in [0.25, 0.3) is 0 Å². The monoisotopic (exact) mass is 248 g/mol. The van der Waals surface area contributed by atoms with Crippen molar-refractivity contribution < 1.29 is 9.18 Å². The molecule has 3 heteroatoms. The highest BCUT2D eigenvalue weighted by atomic mass is 35.5. The summed E-state index contributed by atoms with van der Waals surface area (Å²) in [7, 11) is 0. The van der Waals surface area contributed by atoms with Gasteiger partial charge >= 0.3 is 0 Å². The van der Waals surface area contributed by atoms with Crippen LogP contribution in [-0.2, 0) is 0 Å². The number of halogens is 2. The second-order valence-corrected chi connectivity index (χ2v) is 4.20. The molecule has 0 radical (unpaired) electrons. The lowest BCUT2D eigenvalue weighted by Gasteiger charge is -2.09. The molecular formula is C14H10ClFO. The van der Waals surface area contributed by atoms with Crippen LogP contribution in [0, 0.1) is 12.7 Å². The summed E-state index contributed by atoms with van der Waals surface area (Å²) >= 11 is 5.82. The quantitative estimate of drug-likeness (QED) is 0.726. The maximum atomic E-state index is 13.5. The molecule has 0 spiro atoms. The van der Waals surface area contributed by atoms with Crippen LogP contribution in [0.2, 0.25) is 5.02 Å². The van der Waals surface area contributed by atoms with Gasteiger partial charge in [0.05, 0.1) is 0 Å². The van der Waals surface area contributed by atoms with Gasteiger partial charge in [-0.05, 0) is 41.8 Å². The molecule has 0 saturated carbocycles. The minimum absolute atomic E-state index is 0.283. The molecule has 0 N–H and O–H groups in total. The Kier molecular flexibility index (Phi) is 3.25. The first-order valence-electron chi connectivity index (χ1n) is 5.13. The number of rotatable bonds is 2. The molecule has 0 aliphatic rings. The molecular weight excluding hydrogens is 239 g/mol. The predicted molar refractivity (Wildman–Crippen MR) is 67.0 cm³/mol. The highest BCUT2D eigenvalue weighted by Gasteiger charge is 2.10. The van der Waals surface area contributed by atoms with Gasteiger partial charge < -0.3 is 0 Å². The Morgan fingerprint density at radius 3 is 2.65 bits per heavy atom. The van der Waals surface area contributed by atoms with Crippen LogP contribution in [0.25, 0.3) is 11.1 Å². The van der Waals surface area contributed by atoms with E-state index in [1.54, 1.807) is 37.3 Å². The van der Waals surface area contributed by atoms with Crippen LogP contribution >= 0.6 is 11.6 Å². The molecule has 2 aromatic carbocycles. The zero-order chi connectivity index (χ0) is 12.4. The van der Waals surface area contributed by atoms with Crippen LogP contribution in [-0.4, -0.2) is 6.29 Å². The molecule has 1 nitrogen and oxygen atoms in total. The number of benzene rings is 2. The molecule has 0 amide bonds. The molecule has 86 valence electrons. The van der Waals surface area contributed by atoms with Crippen molar-refractivity contribution in [1.82, 2.24) is 0 Å². The van der Waals surface area contributed by atoms with Gasteiger partial charge in [-0.1, -0.05) is 29.8 Å². The lowest BCUT2D eigenvalue weighted by molar-refractivity contribution is 0.112. The van der Waals surface area contributed by atoms with Crippen molar-refractivity contribution in [3.63, 3.8) is 0 Å². The van der Waals surface area contributed by atoms with Gasteiger partial charge in [-0.2, -0.15) is 0 Å². The van der Waals surface area contributed by atoms with E-state index in [0.717, 1.165) is 6.29 Å². The fourth-order valence-corrected chi connectivity index (χ4v) is 1.96. The zero-order valence-corrected chi connectivity index (χ0v) is 9.96. The normalized spacial score (nSPS) is 10.3. The van der Waals surface area contributed by atoms with E-state index in [1.165, 1.54) is 6.07 Å². The molecule has 2 rings (SSSR count). The lowest BCUT2D eigenvalue weighted by Crippen LogP contribution is -1.92. The molecule has 0 fully saturated rings. The minimum atomic E-state index is -0.283. The van der Waals surface area contributed by atoms with Crippen molar-refractivity contribution in [2.24, 2.45) is 0 Å². The van der Waals surface area contributed by atoms with Crippen LogP contribution in [0.5, 0.6) is 0 Å². The van der Waals surface area contributed by atoms with Gasteiger partial charge in [0.2, 0.25) is 0 Å². The third-order valence-electron chi connectivity index (χ3n) is 2.70. The van der Waals surface area contributed by atoms with E-state index in [4.69, 9.17) is 11.6 Å². The average molecular weight is 249 g/mol. The third kappa shape index (κ3) is 2.22. The van der Waals surface area contributed by atoms with Gasteiger partial charge in [-0.3, -0.25) is 4.79 Å². The zero-order valence-electron chi connectivity index (χ0n) is 9.21. The second kappa shape index (κ2) is 4.68. The molecule has 0 bridgehead atoms. The molecule has 17 heavy (non-hydrogen) atoms. The van der Waals surface area contributed by atoms with Crippen LogP contribution in [0.3, 0.4) is 0 Å². The first-order valence-corrected chi connectivity index (χ1v) is 5.51. The Balaban J connectivity index is 2.68. The Hall–Kier alpha value is -1.67. The third-order valence-corrected chi connectivity index (χ3v) is 2.93. The van der Waals surface area contributed by atoms with E-state index in [-0.39, 0.29) is 5.82 Å². The Labute approximate surface area is 104 Å². The molecule has 0 unspecified atom stereocenters. The van der Waals surface area contributed by atoms with Crippen molar-refractivity contribution in [2.45, 2.75) is 6.92 Å². The number of carbonyl (C=O) groups is 1. The predicted octanol–water partition coefficient (Wildman–Crippen LogP) is 4.27. The van der Waals surface area contributed by atoms with Crippen molar-refractivity contribution in [3.05, 3.63) is 58.4 Å². The number of hydrogen-bond acceptors (Lipinski definition) is 1. The lowest BCUT2D eigenvalue weighted by atomic mass is 9.96.